The van der Waals surface area contributed by atoms with Crippen LogP contribution in [0.3, 0.4) is 0 Å². The van der Waals surface area contributed by atoms with Gasteiger partial charge in [-0.15, -0.1) is 0 Å². The number of halogens is 3. The van der Waals surface area contributed by atoms with Crippen molar-refractivity contribution < 1.29 is 8.78 Å². The molecule has 1 heterocycles. The van der Waals surface area contributed by atoms with Crippen LogP contribution in [-0.4, -0.2) is 9.55 Å². The van der Waals surface area contributed by atoms with Crippen molar-refractivity contribution in [3.05, 3.63) is 61.9 Å². The third-order valence-corrected chi connectivity index (χ3v) is 4.07. The Balaban J connectivity index is 2.11. The highest BCUT2D eigenvalue weighted by Gasteiger charge is 2.09. The number of rotatable bonds is 2. The summed E-state index contributed by atoms with van der Waals surface area (Å²) < 4.78 is 30.1. The smallest absolute Gasteiger partial charge is 0.178 e. The van der Waals surface area contributed by atoms with E-state index < -0.39 is 11.6 Å². The third kappa shape index (κ3) is 2.49. The van der Waals surface area contributed by atoms with Gasteiger partial charge >= 0.3 is 0 Å². The van der Waals surface area contributed by atoms with Gasteiger partial charge in [0.1, 0.15) is 11.6 Å². The summed E-state index contributed by atoms with van der Waals surface area (Å²) in [6, 6.07) is 9.45. The molecule has 3 aromatic rings. The van der Waals surface area contributed by atoms with Crippen LogP contribution in [0, 0.1) is 20.0 Å². The zero-order valence-corrected chi connectivity index (χ0v) is 13.1. The summed E-state index contributed by atoms with van der Waals surface area (Å²) in [5.41, 5.74) is 2.21. The maximum absolute atomic E-state index is 13.7. The molecule has 0 aliphatic rings. The molecule has 0 spiro atoms. The van der Waals surface area contributed by atoms with E-state index in [4.69, 9.17) is 12.2 Å². The van der Waals surface area contributed by atoms with Gasteiger partial charge in [-0.2, -0.15) is 0 Å². The van der Waals surface area contributed by atoms with Gasteiger partial charge in [0.05, 0.1) is 17.6 Å². The van der Waals surface area contributed by atoms with E-state index >= 15 is 0 Å². The zero-order chi connectivity index (χ0) is 14.3. The number of aromatic amines is 1. The van der Waals surface area contributed by atoms with E-state index in [0.29, 0.717) is 10.3 Å². The second kappa shape index (κ2) is 5.25. The fourth-order valence-corrected chi connectivity index (χ4v) is 2.88. The van der Waals surface area contributed by atoms with Gasteiger partial charge in [-0.05, 0) is 59.1 Å². The lowest BCUT2D eigenvalue weighted by Crippen LogP contribution is -2.02. The van der Waals surface area contributed by atoms with E-state index in [1.807, 2.05) is 18.2 Å². The monoisotopic (exact) mass is 402 g/mol. The summed E-state index contributed by atoms with van der Waals surface area (Å²) in [6.07, 6.45) is 0. The molecule has 1 N–H and O–H groups in total. The Bertz CT molecular complexity index is 854. The molecule has 0 atom stereocenters. The molecule has 0 saturated heterocycles. The van der Waals surface area contributed by atoms with Crippen LogP contribution < -0.4 is 0 Å². The van der Waals surface area contributed by atoms with Crippen molar-refractivity contribution in [1.82, 2.24) is 9.55 Å². The van der Waals surface area contributed by atoms with Crippen molar-refractivity contribution in [1.29, 1.82) is 0 Å². The summed E-state index contributed by atoms with van der Waals surface area (Å²) in [5.74, 6) is -1.14. The molecule has 0 radical (unpaired) electrons. The number of hydrogen-bond acceptors (Lipinski definition) is 1. The minimum atomic E-state index is -0.580. The lowest BCUT2D eigenvalue weighted by Gasteiger charge is -2.06. The molecular weight excluding hydrogens is 393 g/mol. The number of H-pyrrole nitrogens is 1. The first-order chi connectivity index (χ1) is 9.54. The lowest BCUT2D eigenvalue weighted by atomic mass is 10.2. The Hall–Kier alpha value is -1.28. The van der Waals surface area contributed by atoms with Gasteiger partial charge < -0.3 is 9.55 Å². The van der Waals surface area contributed by atoms with E-state index in [2.05, 4.69) is 27.6 Å². The summed E-state index contributed by atoms with van der Waals surface area (Å²) >= 11 is 7.49. The minimum absolute atomic E-state index is 0.269. The molecule has 1 aromatic heterocycles. The number of imidazole rings is 1. The number of fused-ring (bicyclic) bond motifs is 1. The first-order valence-corrected chi connectivity index (χ1v) is 7.35. The second-order valence-electron chi connectivity index (χ2n) is 4.41. The number of aromatic nitrogens is 2. The largest absolute Gasteiger partial charge is 0.331 e. The van der Waals surface area contributed by atoms with E-state index in [-0.39, 0.29) is 6.54 Å². The average molecular weight is 402 g/mol. The number of nitrogens with zero attached hydrogens (tertiary/aromatic N) is 1. The summed E-state index contributed by atoms with van der Waals surface area (Å²) in [6.45, 7) is 0.269. The van der Waals surface area contributed by atoms with Gasteiger partial charge in [0.2, 0.25) is 0 Å². The number of nitrogens with one attached hydrogen (secondary N) is 1. The Labute approximate surface area is 132 Å². The van der Waals surface area contributed by atoms with Crippen LogP contribution in [0.2, 0.25) is 0 Å². The Morgan fingerprint density at radius 1 is 1.15 bits per heavy atom. The van der Waals surface area contributed by atoms with E-state index in [1.54, 1.807) is 4.57 Å². The molecule has 6 heteroatoms. The van der Waals surface area contributed by atoms with Crippen LogP contribution in [0.4, 0.5) is 8.78 Å². The fourth-order valence-electron chi connectivity index (χ4n) is 2.11. The highest BCUT2D eigenvalue weighted by atomic mass is 127. The summed E-state index contributed by atoms with van der Waals surface area (Å²) in [7, 11) is 0. The SMILES string of the molecule is Fc1ccc(Cn2c(=S)[nH]c3cc(I)ccc32)c(F)c1. The summed E-state index contributed by atoms with van der Waals surface area (Å²) in [5, 5.41) is 0. The molecule has 0 saturated carbocycles. The van der Waals surface area contributed by atoms with Gasteiger partial charge in [-0.25, -0.2) is 8.78 Å². The van der Waals surface area contributed by atoms with Crippen molar-refractivity contribution in [2.24, 2.45) is 0 Å². The quantitative estimate of drug-likeness (QED) is 0.490. The molecular formula is C14H9F2IN2S. The molecule has 0 amide bonds. The first-order valence-electron chi connectivity index (χ1n) is 5.86. The van der Waals surface area contributed by atoms with Crippen molar-refractivity contribution in [2.75, 3.05) is 0 Å². The molecule has 0 aliphatic carbocycles. The molecule has 0 aliphatic heterocycles. The third-order valence-electron chi connectivity index (χ3n) is 3.08. The molecule has 3 rings (SSSR count). The molecule has 2 aromatic carbocycles. The van der Waals surface area contributed by atoms with E-state index in [0.717, 1.165) is 20.7 Å². The summed E-state index contributed by atoms with van der Waals surface area (Å²) in [4.78, 5) is 3.10. The molecule has 102 valence electrons. The molecule has 2 nitrogen and oxygen atoms in total. The van der Waals surface area contributed by atoms with Crippen molar-refractivity contribution in [3.63, 3.8) is 0 Å². The Morgan fingerprint density at radius 3 is 2.70 bits per heavy atom. The molecule has 0 unspecified atom stereocenters. The highest BCUT2D eigenvalue weighted by Crippen LogP contribution is 2.20. The van der Waals surface area contributed by atoms with Crippen LogP contribution in [0.5, 0.6) is 0 Å². The maximum Gasteiger partial charge on any atom is 0.178 e. The van der Waals surface area contributed by atoms with Crippen molar-refractivity contribution in [3.8, 4) is 0 Å². The highest BCUT2D eigenvalue weighted by molar-refractivity contribution is 14.1. The normalized spacial score (nSPS) is 11.2. The Morgan fingerprint density at radius 2 is 1.95 bits per heavy atom. The van der Waals surface area contributed by atoms with Gasteiger partial charge in [0.25, 0.3) is 0 Å². The molecule has 0 fully saturated rings. The minimum Gasteiger partial charge on any atom is -0.331 e. The average Bonchev–Trinajstić information content (AvgIpc) is 2.68. The van der Waals surface area contributed by atoms with Crippen LogP contribution >= 0.6 is 34.8 Å². The standard InChI is InChI=1S/C14H9F2IN2S/c15-9-2-1-8(11(16)5-9)7-19-13-4-3-10(17)6-12(13)18-14(19)20/h1-6H,7H2,(H,18,20). The maximum atomic E-state index is 13.7. The Kier molecular flexibility index (Phi) is 3.59. The van der Waals surface area contributed by atoms with Crippen LogP contribution in [-0.2, 0) is 6.54 Å². The van der Waals surface area contributed by atoms with Crippen LogP contribution in [0.15, 0.2) is 36.4 Å². The van der Waals surface area contributed by atoms with Gasteiger partial charge in [-0.3, -0.25) is 0 Å². The van der Waals surface area contributed by atoms with E-state index in [9.17, 15) is 8.78 Å². The second-order valence-corrected chi connectivity index (χ2v) is 6.05. The number of benzene rings is 2. The van der Waals surface area contributed by atoms with Crippen LogP contribution in [0.1, 0.15) is 5.56 Å². The first kappa shape index (κ1) is 13.7. The molecule has 0 bridgehead atoms. The lowest BCUT2D eigenvalue weighted by molar-refractivity contribution is 0.567. The topological polar surface area (TPSA) is 20.7 Å². The number of hydrogen-bond donors (Lipinski definition) is 1. The van der Waals surface area contributed by atoms with Crippen molar-refractivity contribution >= 4 is 45.8 Å². The van der Waals surface area contributed by atoms with E-state index in [1.165, 1.54) is 12.1 Å². The zero-order valence-electron chi connectivity index (χ0n) is 10.2. The molecule has 20 heavy (non-hydrogen) atoms. The van der Waals surface area contributed by atoms with Gasteiger partial charge in [0, 0.05) is 15.2 Å². The van der Waals surface area contributed by atoms with Gasteiger partial charge in [0.15, 0.2) is 4.77 Å². The van der Waals surface area contributed by atoms with Gasteiger partial charge in [-0.1, -0.05) is 6.07 Å². The predicted octanol–water partition coefficient (Wildman–Crippen LogP) is 4.63. The van der Waals surface area contributed by atoms with Crippen LogP contribution in [0.25, 0.3) is 11.0 Å². The van der Waals surface area contributed by atoms with Crippen molar-refractivity contribution in [2.45, 2.75) is 6.54 Å². The predicted molar refractivity (Wildman–Crippen MR) is 85.3 cm³/mol. The fraction of sp³-hybridized carbons (Fsp3) is 0.0714.